The van der Waals surface area contributed by atoms with Crippen molar-refractivity contribution in [2.24, 2.45) is 0 Å². The van der Waals surface area contributed by atoms with Gasteiger partial charge in [-0.25, -0.2) is 4.98 Å². The van der Waals surface area contributed by atoms with Gasteiger partial charge in [-0.05, 0) is 6.92 Å². The number of allylic oxidation sites excluding steroid dienone is 1. The fourth-order valence-electron chi connectivity index (χ4n) is 0.836. The van der Waals surface area contributed by atoms with Crippen molar-refractivity contribution in [3.05, 3.63) is 40.1 Å². The van der Waals surface area contributed by atoms with Gasteiger partial charge >= 0.3 is 0 Å². The summed E-state index contributed by atoms with van der Waals surface area (Å²) in [7, 11) is 0. The van der Waals surface area contributed by atoms with Crippen molar-refractivity contribution in [3.63, 3.8) is 0 Å². The monoisotopic (exact) mass is 184 g/mol. The Morgan fingerprint density at radius 3 is 3.08 bits per heavy atom. The van der Waals surface area contributed by atoms with E-state index in [4.69, 9.17) is 11.6 Å². The third-order valence-electron chi connectivity index (χ3n) is 1.31. The van der Waals surface area contributed by atoms with Gasteiger partial charge in [0.15, 0.2) is 5.15 Å². The highest BCUT2D eigenvalue weighted by Gasteiger charge is 2.00. The van der Waals surface area contributed by atoms with E-state index in [0.717, 1.165) is 5.57 Å². The molecule has 0 aliphatic rings. The smallest absolute Gasteiger partial charge is 0.288 e. The highest BCUT2D eigenvalue weighted by molar-refractivity contribution is 6.29. The molecule has 0 unspecified atom stereocenters. The minimum atomic E-state index is -0.276. The molecule has 0 atom stereocenters. The molecule has 0 N–H and O–H groups in total. The van der Waals surface area contributed by atoms with E-state index in [1.165, 1.54) is 10.8 Å². The van der Waals surface area contributed by atoms with Crippen molar-refractivity contribution in [2.75, 3.05) is 0 Å². The van der Waals surface area contributed by atoms with Gasteiger partial charge < -0.3 is 4.57 Å². The molecule has 0 amide bonds. The lowest BCUT2D eigenvalue weighted by molar-refractivity contribution is 0.738. The minimum Gasteiger partial charge on any atom is -0.307 e. The number of halogens is 1. The van der Waals surface area contributed by atoms with E-state index in [9.17, 15) is 4.79 Å². The van der Waals surface area contributed by atoms with Crippen LogP contribution in [0.1, 0.15) is 6.92 Å². The molecule has 0 aromatic carbocycles. The predicted molar refractivity (Wildman–Crippen MR) is 48.3 cm³/mol. The Kier molecular flexibility index (Phi) is 2.65. The van der Waals surface area contributed by atoms with Gasteiger partial charge in [-0.1, -0.05) is 23.8 Å². The van der Waals surface area contributed by atoms with Crippen LogP contribution in [0, 0.1) is 0 Å². The van der Waals surface area contributed by atoms with Gasteiger partial charge in [0.25, 0.3) is 5.56 Å². The Bertz CT molecular complexity index is 356. The summed E-state index contributed by atoms with van der Waals surface area (Å²) in [5, 5.41) is -0.00116. The number of aromatic nitrogens is 2. The first-order chi connectivity index (χ1) is 5.61. The molecule has 0 saturated carbocycles. The molecule has 0 aliphatic heterocycles. The third kappa shape index (κ3) is 1.95. The van der Waals surface area contributed by atoms with Crippen LogP contribution in [0.25, 0.3) is 0 Å². The van der Waals surface area contributed by atoms with Crippen molar-refractivity contribution < 1.29 is 0 Å². The summed E-state index contributed by atoms with van der Waals surface area (Å²) in [6.45, 7) is 6.03. The molecule has 1 heterocycles. The van der Waals surface area contributed by atoms with Crippen LogP contribution >= 0.6 is 11.6 Å². The van der Waals surface area contributed by atoms with E-state index in [0.29, 0.717) is 6.54 Å². The molecule has 1 aromatic rings. The van der Waals surface area contributed by atoms with Gasteiger partial charge in [-0.15, -0.1) is 0 Å². The first-order valence-corrected chi connectivity index (χ1v) is 3.84. The standard InChI is InChI=1S/C8H9ClN2O/c1-6(2)5-11-4-3-10-7(9)8(11)12/h3-4H,1,5H2,2H3. The minimum absolute atomic E-state index is 0.00116. The van der Waals surface area contributed by atoms with Crippen molar-refractivity contribution in [3.8, 4) is 0 Å². The van der Waals surface area contributed by atoms with Crippen molar-refractivity contribution in [2.45, 2.75) is 13.5 Å². The number of hydrogen-bond acceptors (Lipinski definition) is 2. The molecule has 64 valence electrons. The quantitative estimate of drug-likeness (QED) is 0.653. The molecule has 0 bridgehead atoms. The second-order valence-electron chi connectivity index (χ2n) is 2.61. The first-order valence-electron chi connectivity index (χ1n) is 3.46. The van der Waals surface area contributed by atoms with Crippen LogP contribution in [0.4, 0.5) is 0 Å². The molecule has 0 radical (unpaired) electrons. The van der Waals surface area contributed by atoms with E-state index in [-0.39, 0.29) is 10.7 Å². The first kappa shape index (κ1) is 9.00. The van der Waals surface area contributed by atoms with Crippen LogP contribution < -0.4 is 5.56 Å². The maximum Gasteiger partial charge on any atom is 0.288 e. The highest BCUT2D eigenvalue weighted by Crippen LogP contribution is 1.96. The number of hydrogen-bond donors (Lipinski definition) is 0. The fourth-order valence-corrected chi connectivity index (χ4v) is 1.00. The predicted octanol–water partition coefficient (Wildman–Crippen LogP) is 1.47. The van der Waals surface area contributed by atoms with Crippen molar-refractivity contribution in [1.29, 1.82) is 0 Å². The highest BCUT2D eigenvalue weighted by atomic mass is 35.5. The molecular weight excluding hydrogens is 176 g/mol. The zero-order chi connectivity index (χ0) is 9.14. The molecule has 4 heteroatoms. The average Bonchev–Trinajstić information content (AvgIpc) is 1.98. The van der Waals surface area contributed by atoms with Gasteiger partial charge in [0.2, 0.25) is 0 Å². The van der Waals surface area contributed by atoms with Gasteiger partial charge in [0, 0.05) is 18.9 Å². The number of rotatable bonds is 2. The maximum absolute atomic E-state index is 11.2. The SMILES string of the molecule is C=C(C)Cn1ccnc(Cl)c1=O. The molecule has 0 fully saturated rings. The summed E-state index contributed by atoms with van der Waals surface area (Å²) in [5.74, 6) is 0. The van der Waals surface area contributed by atoms with E-state index < -0.39 is 0 Å². The van der Waals surface area contributed by atoms with Gasteiger partial charge in [0.1, 0.15) is 0 Å². The fraction of sp³-hybridized carbons (Fsp3) is 0.250. The van der Waals surface area contributed by atoms with Crippen molar-refractivity contribution >= 4 is 11.6 Å². The van der Waals surface area contributed by atoms with Crippen molar-refractivity contribution in [1.82, 2.24) is 9.55 Å². The molecule has 1 rings (SSSR count). The lowest BCUT2D eigenvalue weighted by Gasteiger charge is -2.03. The van der Waals surface area contributed by atoms with Crippen LogP contribution in [-0.2, 0) is 6.54 Å². The van der Waals surface area contributed by atoms with E-state index >= 15 is 0 Å². The van der Waals surface area contributed by atoms with E-state index in [1.807, 2.05) is 6.92 Å². The lowest BCUT2D eigenvalue weighted by atomic mass is 10.3. The lowest BCUT2D eigenvalue weighted by Crippen LogP contribution is -2.20. The average molecular weight is 185 g/mol. The van der Waals surface area contributed by atoms with Crippen LogP contribution in [0.2, 0.25) is 5.15 Å². The Hall–Kier alpha value is -1.09. The summed E-state index contributed by atoms with van der Waals surface area (Å²) >= 11 is 5.52. The van der Waals surface area contributed by atoms with Gasteiger partial charge in [0.05, 0.1) is 0 Å². The van der Waals surface area contributed by atoms with Gasteiger partial charge in [-0.3, -0.25) is 4.79 Å². The van der Waals surface area contributed by atoms with Crippen LogP contribution in [0.3, 0.4) is 0 Å². The Morgan fingerprint density at radius 1 is 1.83 bits per heavy atom. The largest absolute Gasteiger partial charge is 0.307 e. The van der Waals surface area contributed by atoms with Crippen LogP contribution in [0.5, 0.6) is 0 Å². The summed E-state index contributed by atoms with van der Waals surface area (Å²) in [6, 6.07) is 0. The van der Waals surface area contributed by atoms with Crippen LogP contribution in [-0.4, -0.2) is 9.55 Å². The topological polar surface area (TPSA) is 34.9 Å². The summed E-state index contributed by atoms with van der Waals surface area (Å²) in [5.41, 5.74) is 0.626. The zero-order valence-corrected chi connectivity index (χ0v) is 7.51. The molecule has 0 saturated heterocycles. The van der Waals surface area contributed by atoms with E-state index in [1.54, 1.807) is 6.20 Å². The molecule has 12 heavy (non-hydrogen) atoms. The van der Waals surface area contributed by atoms with Gasteiger partial charge in [-0.2, -0.15) is 0 Å². The second kappa shape index (κ2) is 3.54. The second-order valence-corrected chi connectivity index (χ2v) is 2.97. The summed E-state index contributed by atoms with van der Waals surface area (Å²) < 4.78 is 1.47. The summed E-state index contributed by atoms with van der Waals surface area (Å²) in [4.78, 5) is 14.9. The zero-order valence-electron chi connectivity index (χ0n) is 6.75. The van der Waals surface area contributed by atoms with Crippen LogP contribution in [0.15, 0.2) is 29.3 Å². The summed E-state index contributed by atoms with van der Waals surface area (Å²) in [6.07, 6.45) is 3.08. The normalized spacial score (nSPS) is 9.83. The molecular formula is C8H9ClN2O. The maximum atomic E-state index is 11.2. The third-order valence-corrected chi connectivity index (χ3v) is 1.57. The molecule has 0 spiro atoms. The molecule has 1 aromatic heterocycles. The Morgan fingerprint density at radius 2 is 2.50 bits per heavy atom. The molecule has 0 aliphatic carbocycles. The Balaban J connectivity index is 3.09. The number of nitrogens with zero attached hydrogens (tertiary/aromatic N) is 2. The Labute approximate surface area is 75.3 Å². The molecule has 3 nitrogen and oxygen atoms in total. The van der Waals surface area contributed by atoms with E-state index in [2.05, 4.69) is 11.6 Å².